The van der Waals surface area contributed by atoms with Crippen LogP contribution in [-0.4, -0.2) is 101 Å². The molecule has 1 saturated carbocycles. The van der Waals surface area contributed by atoms with Crippen LogP contribution in [0.25, 0.3) is 0 Å². The van der Waals surface area contributed by atoms with Crippen molar-refractivity contribution in [2.45, 2.75) is 38.5 Å². The lowest BCUT2D eigenvalue weighted by atomic mass is 9.84. The number of aliphatic imine (C=N–C) groups is 1. The average molecular weight is 381 g/mol. The standard InChI is InChI=1S/C20H40N6O/c1-21-19(22-11-7-8-12-26-15-13-25(4)14-16-26)23-17-20(9-5-6-10-20)18(27)24(2)3/h5-17H2,1-4H3,(H2,21,22,23). The number of piperazine rings is 1. The number of amides is 1. The molecule has 2 rings (SSSR count). The number of carbonyl (C=O) groups is 1. The quantitative estimate of drug-likeness (QED) is 0.371. The lowest BCUT2D eigenvalue weighted by molar-refractivity contribution is -0.138. The van der Waals surface area contributed by atoms with E-state index in [2.05, 4.69) is 32.5 Å². The predicted molar refractivity (Wildman–Crippen MR) is 112 cm³/mol. The number of likely N-dealkylation sites (N-methyl/N-ethyl adjacent to an activating group) is 1. The van der Waals surface area contributed by atoms with Crippen molar-refractivity contribution in [2.75, 3.05) is 74.0 Å². The van der Waals surface area contributed by atoms with Gasteiger partial charge in [0.25, 0.3) is 0 Å². The number of rotatable bonds is 8. The van der Waals surface area contributed by atoms with Crippen molar-refractivity contribution < 1.29 is 4.79 Å². The summed E-state index contributed by atoms with van der Waals surface area (Å²) in [5.41, 5.74) is -0.261. The molecule has 2 fully saturated rings. The molecule has 1 saturated heterocycles. The zero-order valence-corrected chi connectivity index (χ0v) is 17.9. The van der Waals surface area contributed by atoms with E-state index in [0.29, 0.717) is 6.54 Å². The number of unbranched alkanes of at least 4 members (excludes halogenated alkanes) is 1. The average Bonchev–Trinajstić information content (AvgIpc) is 3.14. The van der Waals surface area contributed by atoms with Crippen molar-refractivity contribution >= 4 is 11.9 Å². The molecule has 0 radical (unpaired) electrons. The highest BCUT2D eigenvalue weighted by Gasteiger charge is 2.42. The molecule has 0 aromatic heterocycles. The fourth-order valence-electron chi connectivity index (χ4n) is 4.20. The Hall–Kier alpha value is -1.34. The van der Waals surface area contributed by atoms with Gasteiger partial charge < -0.3 is 25.3 Å². The van der Waals surface area contributed by atoms with Gasteiger partial charge in [0.2, 0.25) is 5.91 Å². The minimum atomic E-state index is -0.261. The molecule has 1 aliphatic heterocycles. The Labute approximate surface area is 165 Å². The van der Waals surface area contributed by atoms with Crippen LogP contribution in [0, 0.1) is 5.41 Å². The van der Waals surface area contributed by atoms with Gasteiger partial charge in [0.1, 0.15) is 0 Å². The molecule has 7 nitrogen and oxygen atoms in total. The number of nitrogens with zero attached hydrogens (tertiary/aromatic N) is 4. The van der Waals surface area contributed by atoms with Gasteiger partial charge in [0.05, 0.1) is 5.41 Å². The molecule has 7 heteroatoms. The van der Waals surface area contributed by atoms with Gasteiger partial charge in [-0.05, 0) is 39.3 Å². The lowest BCUT2D eigenvalue weighted by Crippen LogP contribution is -2.49. The molecule has 0 bridgehead atoms. The molecule has 1 amide bonds. The minimum Gasteiger partial charge on any atom is -0.356 e. The van der Waals surface area contributed by atoms with Crippen molar-refractivity contribution in [3.63, 3.8) is 0 Å². The van der Waals surface area contributed by atoms with E-state index < -0.39 is 0 Å². The van der Waals surface area contributed by atoms with Gasteiger partial charge >= 0.3 is 0 Å². The van der Waals surface area contributed by atoms with Crippen LogP contribution in [-0.2, 0) is 4.79 Å². The highest BCUT2D eigenvalue weighted by atomic mass is 16.2. The third-order valence-corrected chi connectivity index (χ3v) is 6.03. The summed E-state index contributed by atoms with van der Waals surface area (Å²) in [6, 6.07) is 0. The van der Waals surface area contributed by atoms with E-state index in [1.807, 2.05) is 14.1 Å². The Morgan fingerprint density at radius 3 is 2.33 bits per heavy atom. The molecule has 0 unspecified atom stereocenters. The van der Waals surface area contributed by atoms with Crippen molar-refractivity contribution in [3.8, 4) is 0 Å². The molecular formula is C20H40N6O. The van der Waals surface area contributed by atoms with E-state index in [0.717, 1.165) is 44.6 Å². The highest BCUT2D eigenvalue weighted by molar-refractivity contribution is 5.85. The Kier molecular flexibility index (Phi) is 8.83. The number of carbonyl (C=O) groups excluding carboxylic acids is 1. The lowest BCUT2D eigenvalue weighted by Gasteiger charge is -2.32. The van der Waals surface area contributed by atoms with E-state index in [1.54, 1.807) is 11.9 Å². The van der Waals surface area contributed by atoms with Crippen LogP contribution >= 0.6 is 0 Å². The molecule has 0 aromatic rings. The van der Waals surface area contributed by atoms with Crippen molar-refractivity contribution in [2.24, 2.45) is 10.4 Å². The molecule has 1 heterocycles. The first-order valence-corrected chi connectivity index (χ1v) is 10.5. The Bertz CT molecular complexity index is 479. The SMILES string of the molecule is CN=C(NCCCCN1CCN(C)CC1)NCC1(C(=O)N(C)C)CCCC1. The van der Waals surface area contributed by atoms with Gasteiger partial charge in [-0.2, -0.15) is 0 Å². The maximum Gasteiger partial charge on any atom is 0.230 e. The Balaban J connectivity index is 1.66. The summed E-state index contributed by atoms with van der Waals surface area (Å²) in [7, 11) is 7.71. The van der Waals surface area contributed by atoms with E-state index in [4.69, 9.17) is 0 Å². The summed E-state index contributed by atoms with van der Waals surface area (Å²) in [5.74, 6) is 1.06. The molecule has 0 aromatic carbocycles. The van der Waals surface area contributed by atoms with Crippen molar-refractivity contribution in [1.29, 1.82) is 0 Å². The van der Waals surface area contributed by atoms with Crippen LogP contribution in [0.3, 0.4) is 0 Å². The maximum atomic E-state index is 12.7. The van der Waals surface area contributed by atoms with Crippen molar-refractivity contribution in [1.82, 2.24) is 25.3 Å². The highest BCUT2D eigenvalue weighted by Crippen LogP contribution is 2.38. The number of guanidine groups is 1. The zero-order valence-electron chi connectivity index (χ0n) is 17.9. The summed E-state index contributed by atoms with van der Waals surface area (Å²) >= 11 is 0. The fourth-order valence-corrected chi connectivity index (χ4v) is 4.20. The van der Waals surface area contributed by atoms with Gasteiger partial charge in [-0.25, -0.2) is 0 Å². The Morgan fingerprint density at radius 2 is 1.74 bits per heavy atom. The van der Waals surface area contributed by atoms with Gasteiger partial charge in [0, 0.05) is 60.4 Å². The summed E-state index contributed by atoms with van der Waals surface area (Å²) < 4.78 is 0. The smallest absolute Gasteiger partial charge is 0.230 e. The van der Waals surface area contributed by atoms with Crippen molar-refractivity contribution in [3.05, 3.63) is 0 Å². The number of nitrogens with one attached hydrogen (secondary N) is 2. The van der Waals surface area contributed by atoms with Crippen LogP contribution < -0.4 is 10.6 Å². The zero-order chi connectivity index (χ0) is 19.7. The van der Waals surface area contributed by atoms with Gasteiger partial charge in [0.15, 0.2) is 5.96 Å². The summed E-state index contributed by atoms with van der Waals surface area (Å²) in [5, 5.41) is 6.82. The second-order valence-electron chi connectivity index (χ2n) is 8.39. The topological polar surface area (TPSA) is 63.2 Å². The summed E-state index contributed by atoms with van der Waals surface area (Å²) in [6.07, 6.45) is 6.56. The van der Waals surface area contributed by atoms with E-state index in [-0.39, 0.29) is 11.3 Å². The monoisotopic (exact) mass is 380 g/mol. The molecule has 2 aliphatic rings. The van der Waals surface area contributed by atoms with Gasteiger partial charge in [-0.15, -0.1) is 0 Å². The largest absolute Gasteiger partial charge is 0.356 e. The normalized spacial score (nSPS) is 21.3. The first-order chi connectivity index (χ1) is 13.0. The molecule has 0 spiro atoms. The van der Waals surface area contributed by atoms with E-state index in [1.165, 1.54) is 39.1 Å². The van der Waals surface area contributed by atoms with E-state index >= 15 is 0 Å². The summed E-state index contributed by atoms with van der Waals surface area (Å²) in [6.45, 7) is 7.52. The minimum absolute atomic E-state index is 0.245. The third-order valence-electron chi connectivity index (χ3n) is 6.03. The van der Waals surface area contributed by atoms with Crippen LogP contribution in [0.4, 0.5) is 0 Å². The number of hydrogen-bond acceptors (Lipinski definition) is 4. The molecule has 27 heavy (non-hydrogen) atoms. The first kappa shape index (κ1) is 22.0. The molecule has 0 atom stereocenters. The van der Waals surface area contributed by atoms with Crippen LogP contribution in [0.2, 0.25) is 0 Å². The molecule has 1 aliphatic carbocycles. The van der Waals surface area contributed by atoms with Gasteiger partial charge in [-0.1, -0.05) is 12.8 Å². The fraction of sp³-hybridized carbons (Fsp3) is 0.900. The van der Waals surface area contributed by atoms with E-state index in [9.17, 15) is 4.79 Å². The Morgan fingerprint density at radius 1 is 1.07 bits per heavy atom. The van der Waals surface area contributed by atoms with Crippen LogP contribution in [0.15, 0.2) is 4.99 Å². The maximum absolute atomic E-state index is 12.7. The molecule has 2 N–H and O–H groups in total. The number of hydrogen-bond donors (Lipinski definition) is 2. The second-order valence-corrected chi connectivity index (χ2v) is 8.39. The second kappa shape index (κ2) is 10.9. The van der Waals surface area contributed by atoms with Gasteiger partial charge in [-0.3, -0.25) is 9.79 Å². The van der Waals surface area contributed by atoms with Crippen LogP contribution in [0.1, 0.15) is 38.5 Å². The predicted octanol–water partition coefficient (Wildman–Crippen LogP) is 0.828. The first-order valence-electron chi connectivity index (χ1n) is 10.5. The third kappa shape index (κ3) is 6.64. The summed E-state index contributed by atoms with van der Waals surface area (Å²) in [4.78, 5) is 23.7. The van der Waals surface area contributed by atoms with Crippen LogP contribution in [0.5, 0.6) is 0 Å². The molecule has 156 valence electrons. The molecular weight excluding hydrogens is 340 g/mol.